The molecule has 104 valence electrons. The van der Waals surface area contributed by atoms with Crippen LogP contribution in [0.3, 0.4) is 0 Å². The third-order valence-electron chi connectivity index (χ3n) is 3.69. The number of para-hydroxylation sites is 1. The van der Waals surface area contributed by atoms with Crippen molar-refractivity contribution in [2.75, 3.05) is 36.0 Å². The summed E-state index contributed by atoms with van der Waals surface area (Å²) in [5.74, 6) is 0. The standard InChI is InChI=1S/C16H18ClN3/c17-16-13-15(7-8-18-16)20-10-4-9-19(11-12-20)14-5-2-1-3-6-14/h1-3,5-8,13H,4,9-12H2. The van der Waals surface area contributed by atoms with E-state index in [4.69, 9.17) is 11.6 Å². The number of rotatable bonds is 2. The molecule has 4 heteroatoms. The first-order valence-corrected chi connectivity index (χ1v) is 7.37. The fourth-order valence-corrected chi connectivity index (χ4v) is 2.83. The van der Waals surface area contributed by atoms with Crippen molar-refractivity contribution in [2.24, 2.45) is 0 Å². The Morgan fingerprint density at radius 1 is 0.850 bits per heavy atom. The molecule has 0 bridgehead atoms. The van der Waals surface area contributed by atoms with Crippen molar-refractivity contribution >= 4 is 23.0 Å². The van der Waals surface area contributed by atoms with Gasteiger partial charge in [0.05, 0.1) is 0 Å². The van der Waals surface area contributed by atoms with E-state index >= 15 is 0 Å². The lowest BCUT2D eigenvalue weighted by Gasteiger charge is -2.24. The summed E-state index contributed by atoms with van der Waals surface area (Å²) < 4.78 is 0. The number of benzene rings is 1. The van der Waals surface area contributed by atoms with Crippen molar-refractivity contribution in [2.45, 2.75) is 6.42 Å². The first-order valence-electron chi connectivity index (χ1n) is 6.99. The Morgan fingerprint density at radius 2 is 1.55 bits per heavy atom. The minimum absolute atomic E-state index is 0.562. The number of hydrogen-bond donors (Lipinski definition) is 0. The summed E-state index contributed by atoms with van der Waals surface area (Å²) in [5.41, 5.74) is 2.47. The Hall–Kier alpha value is -1.74. The van der Waals surface area contributed by atoms with Crippen molar-refractivity contribution < 1.29 is 0 Å². The van der Waals surface area contributed by atoms with E-state index in [1.807, 2.05) is 12.1 Å². The molecule has 2 aromatic rings. The summed E-state index contributed by atoms with van der Waals surface area (Å²) >= 11 is 5.98. The van der Waals surface area contributed by atoms with Gasteiger partial charge in [-0.25, -0.2) is 4.98 Å². The maximum absolute atomic E-state index is 5.98. The largest absolute Gasteiger partial charge is 0.370 e. The molecule has 1 aromatic carbocycles. The van der Waals surface area contributed by atoms with Crippen LogP contribution in [0.5, 0.6) is 0 Å². The SMILES string of the molecule is Clc1cc(N2CCCN(c3ccccc3)CC2)ccn1. The molecule has 1 aliphatic heterocycles. The molecular formula is C16H18ClN3. The first-order chi connectivity index (χ1) is 9.83. The second kappa shape index (κ2) is 6.14. The number of hydrogen-bond acceptors (Lipinski definition) is 3. The molecule has 0 atom stereocenters. The van der Waals surface area contributed by atoms with Crippen LogP contribution >= 0.6 is 11.6 Å². The Bertz CT molecular complexity index is 559. The van der Waals surface area contributed by atoms with Crippen molar-refractivity contribution in [3.8, 4) is 0 Å². The zero-order valence-corrected chi connectivity index (χ0v) is 12.1. The lowest BCUT2D eigenvalue weighted by Crippen LogP contribution is -2.30. The van der Waals surface area contributed by atoms with Crippen LogP contribution < -0.4 is 9.80 Å². The predicted octanol–water partition coefficient (Wildman–Crippen LogP) is 3.45. The summed E-state index contributed by atoms with van der Waals surface area (Å²) in [6, 6.07) is 14.6. The van der Waals surface area contributed by atoms with Crippen molar-refractivity contribution in [3.05, 3.63) is 53.8 Å². The summed E-state index contributed by atoms with van der Waals surface area (Å²) in [6.07, 6.45) is 2.92. The van der Waals surface area contributed by atoms with E-state index in [9.17, 15) is 0 Å². The van der Waals surface area contributed by atoms with E-state index in [2.05, 4.69) is 45.1 Å². The second-order valence-corrected chi connectivity index (χ2v) is 5.39. The fraction of sp³-hybridized carbons (Fsp3) is 0.312. The summed E-state index contributed by atoms with van der Waals surface area (Å²) in [6.45, 7) is 4.20. The molecule has 0 spiro atoms. The molecule has 20 heavy (non-hydrogen) atoms. The molecule has 1 fully saturated rings. The molecule has 0 aliphatic carbocycles. The molecular weight excluding hydrogens is 270 g/mol. The van der Waals surface area contributed by atoms with Crippen LogP contribution in [0.25, 0.3) is 0 Å². The highest BCUT2D eigenvalue weighted by molar-refractivity contribution is 6.29. The van der Waals surface area contributed by atoms with E-state index in [-0.39, 0.29) is 0 Å². The molecule has 3 nitrogen and oxygen atoms in total. The molecule has 2 heterocycles. The number of pyridine rings is 1. The first kappa shape index (κ1) is 13.3. The van der Waals surface area contributed by atoms with Crippen LogP contribution in [0.4, 0.5) is 11.4 Å². The minimum Gasteiger partial charge on any atom is -0.370 e. The van der Waals surface area contributed by atoms with E-state index in [1.165, 1.54) is 11.4 Å². The van der Waals surface area contributed by atoms with Gasteiger partial charge in [-0.1, -0.05) is 29.8 Å². The van der Waals surface area contributed by atoms with Gasteiger partial charge in [0.1, 0.15) is 5.15 Å². The van der Waals surface area contributed by atoms with Gasteiger partial charge in [0.25, 0.3) is 0 Å². The van der Waals surface area contributed by atoms with Crippen LogP contribution in [0.2, 0.25) is 5.15 Å². The second-order valence-electron chi connectivity index (χ2n) is 5.00. The van der Waals surface area contributed by atoms with Crippen LogP contribution in [0.1, 0.15) is 6.42 Å². The monoisotopic (exact) mass is 287 g/mol. The fourth-order valence-electron chi connectivity index (χ4n) is 2.66. The van der Waals surface area contributed by atoms with Gasteiger partial charge in [0.15, 0.2) is 0 Å². The Morgan fingerprint density at radius 3 is 2.25 bits per heavy atom. The number of nitrogens with zero attached hydrogens (tertiary/aromatic N) is 3. The summed E-state index contributed by atoms with van der Waals surface area (Å²) in [7, 11) is 0. The predicted molar refractivity (Wildman–Crippen MR) is 84.7 cm³/mol. The van der Waals surface area contributed by atoms with Gasteiger partial charge in [-0.05, 0) is 30.7 Å². The van der Waals surface area contributed by atoms with Gasteiger partial charge < -0.3 is 9.80 Å². The van der Waals surface area contributed by atoms with E-state index in [0.29, 0.717) is 5.15 Å². The van der Waals surface area contributed by atoms with Gasteiger partial charge in [0.2, 0.25) is 0 Å². The van der Waals surface area contributed by atoms with Gasteiger partial charge >= 0.3 is 0 Å². The van der Waals surface area contributed by atoms with Crippen molar-refractivity contribution in [1.82, 2.24) is 4.98 Å². The maximum atomic E-state index is 5.98. The molecule has 1 aromatic heterocycles. The van der Waals surface area contributed by atoms with Crippen LogP contribution in [0, 0.1) is 0 Å². The lowest BCUT2D eigenvalue weighted by molar-refractivity contribution is 0.806. The zero-order chi connectivity index (χ0) is 13.8. The Balaban J connectivity index is 1.71. The molecule has 0 unspecified atom stereocenters. The van der Waals surface area contributed by atoms with Gasteiger partial charge in [-0.2, -0.15) is 0 Å². The summed E-state index contributed by atoms with van der Waals surface area (Å²) in [5, 5.41) is 0.562. The molecule has 1 aliphatic rings. The number of halogens is 1. The highest BCUT2D eigenvalue weighted by Gasteiger charge is 2.15. The van der Waals surface area contributed by atoms with Crippen LogP contribution in [-0.4, -0.2) is 31.2 Å². The highest BCUT2D eigenvalue weighted by atomic mass is 35.5. The van der Waals surface area contributed by atoms with Crippen LogP contribution in [-0.2, 0) is 0 Å². The normalized spacial score (nSPS) is 16.1. The zero-order valence-electron chi connectivity index (χ0n) is 11.4. The minimum atomic E-state index is 0.562. The molecule has 0 radical (unpaired) electrons. The van der Waals surface area contributed by atoms with Crippen molar-refractivity contribution in [1.29, 1.82) is 0 Å². The van der Waals surface area contributed by atoms with Gasteiger partial charge in [-0.3, -0.25) is 0 Å². The maximum Gasteiger partial charge on any atom is 0.131 e. The number of anilines is 2. The smallest absolute Gasteiger partial charge is 0.131 e. The average molecular weight is 288 g/mol. The highest BCUT2D eigenvalue weighted by Crippen LogP contribution is 2.21. The van der Waals surface area contributed by atoms with Crippen molar-refractivity contribution in [3.63, 3.8) is 0 Å². The number of aromatic nitrogens is 1. The van der Waals surface area contributed by atoms with E-state index in [1.54, 1.807) is 6.20 Å². The van der Waals surface area contributed by atoms with Gasteiger partial charge in [-0.15, -0.1) is 0 Å². The average Bonchev–Trinajstić information content (AvgIpc) is 2.74. The molecule has 0 saturated carbocycles. The van der Waals surface area contributed by atoms with Crippen LogP contribution in [0.15, 0.2) is 48.7 Å². The lowest BCUT2D eigenvalue weighted by atomic mass is 10.3. The Labute approximate surface area is 124 Å². The molecule has 1 saturated heterocycles. The van der Waals surface area contributed by atoms with Gasteiger partial charge in [0, 0.05) is 43.8 Å². The third kappa shape index (κ3) is 3.05. The third-order valence-corrected chi connectivity index (χ3v) is 3.90. The molecule has 0 amide bonds. The van der Waals surface area contributed by atoms with E-state index < -0.39 is 0 Å². The molecule has 3 rings (SSSR count). The summed E-state index contributed by atoms with van der Waals surface area (Å²) in [4.78, 5) is 8.88. The quantitative estimate of drug-likeness (QED) is 0.789. The Kier molecular flexibility index (Phi) is 4.07. The molecule has 0 N–H and O–H groups in total. The topological polar surface area (TPSA) is 19.4 Å². The van der Waals surface area contributed by atoms with E-state index in [0.717, 1.165) is 32.6 Å².